The Morgan fingerprint density at radius 3 is 2.41 bits per heavy atom. The summed E-state index contributed by atoms with van der Waals surface area (Å²) in [5, 5.41) is 5.47. The Kier molecular flexibility index (Phi) is 6.97. The lowest BCUT2D eigenvalue weighted by molar-refractivity contribution is 0.415. The molecule has 0 aliphatic rings. The van der Waals surface area contributed by atoms with Crippen LogP contribution in [0.15, 0.2) is 91.8 Å². The van der Waals surface area contributed by atoms with Gasteiger partial charge in [-0.1, -0.05) is 24.3 Å². The second-order valence-electron chi connectivity index (χ2n) is 7.07. The number of amidine groups is 1. The Bertz CT molecular complexity index is 1290. The predicted octanol–water partition coefficient (Wildman–Crippen LogP) is 6.78. The van der Waals surface area contributed by atoms with E-state index in [0.717, 1.165) is 42.4 Å². The SMILES string of the molecule is COc1ccc(C=NNC(=Nc2c(Br)cc(C)cc2Br)c2ccc3ccccc3n2)cc1. The first-order valence-electron chi connectivity index (χ1n) is 9.87. The molecule has 4 aromatic rings. The lowest BCUT2D eigenvalue weighted by atomic mass is 10.2. The van der Waals surface area contributed by atoms with Crippen molar-refractivity contribution in [3.63, 3.8) is 0 Å². The summed E-state index contributed by atoms with van der Waals surface area (Å²) >= 11 is 7.24. The van der Waals surface area contributed by atoms with E-state index in [0.29, 0.717) is 11.5 Å². The highest BCUT2D eigenvalue weighted by molar-refractivity contribution is 9.11. The number of para-hydroxylation sites is 1. The molecule has 0 unspecified atom stereocenters. The third kappa shape index (κ3) is 5.23. The summed E-state index contributed by atoms with van der Waals surface area (Å²) in [5.74, 6) is 1.33. The monoisotopic (exact) mass is 550 g/mol. The van der Waals surface area contributed by atoms with E-state index in [1.807, 2.05) is 79.7 Å². The number of nitrogens with zero attached hydrogens (tertiary/aromatic N) is 3. The largest absolute Gasteiger partial charge is 0.497 e. The fourth-order valence-electron chi connectivity index (χ4n) is 3.11. The molecule has 7 heteroatoms. The molecule has 0 spiro atoms. The van der Waals surface area contributed by atoms with Crippen LogP contribution in [0.3, 0.4) is 0 Å². The molecule has 0 fully saturated rings. The van der Waals surface area contributed by atoms with Gasteiger partial charge in [0.1, 0.15) is 11.4 Å². The molecule has 1 N–H and O–H groups in total. The van der Waals surface area contributed by atoms with Gasteiger partial charge in [0.25, 0.3) is 0 Å². The van der Waals surface area contributed by atoms with Gasteiger partial charge in [-0.25, -0.2) is 9.98 Å². The minimum Gasteiger partial charge on any atom is -0.497 e. The maximum atomic E-state index is 5.21. The van der Waals surface area contributed by atoms with Gasteiger partial charge in [-0.2, -0.15) is 5.10 Å². The van der Waals surface area contributed by atoms with Gasteiger partial charge in [-0.15, -0.1) is 0 Å². The Morgan fingerprint density at radius 1 is 0.969 bits per heavy atom. The van der Waals surface area contributed by atoms with Crippen LogP contribution in [0.25, 0.3) is 10.9 Å². The summed E-state index contributed by atoms with van der Waals surface area (Å²) in [6, 6.07) is 23.6. The van der Waals surface area contributed by atoms with Crippen LogP contribution >= 0.6 is 31.9 Å². The topological polar surface area (TPSA) is 58.9 Å². The van der Waals surface area contributed by atoms with E-state index in [9.17, 15) is 0 Å². The van der Waals surface area contributed by atoms with Gasteiger partial charge in [-0.05, 0) is 98.4 Å². The number of fused-ring (bicyclic) bond motifs is 1. The number of aryl methyl sites for hydroxylation is 1. The van der Waals surface area contributed by atoms with Gasteiger partial charge >= 0.3 is 0 Å². The second-order valence-corrected chi connectivity index (χ2v) is 8.78. The van der Waals surface area contributed by atoms with Crippen LogP contribution in [0.1, 0.15) is 16.8 Å². The van der Waals surface area contributed by atoms with Crippen molar-refractivity contribution in [1.82, 2.24) is 10.4 Å². The van der Waals surface area contributed by atoms with Crippen LogP contribution < -0.4 is 10.2 Å². The molecule has 0 aliphatic heterocycles. The molecule has 0 amide bonds. The van der Waals surface area contributed by atoms with Crippen LogP contribution in [0.4, 0.5) is 5.69 Å². The van der Waals surface area contributed by atoms with Gasteiger partial charge in [0, 0.05) is 14.3 Å². The van der Waals surface area contributed by atoms with Crippen LogP contribution in [0, 0.1) is 6.92 Å². The summed E-state index contributed by atoms with van der Waals surface area (Å²) in [4.78, 5) is 9.63. The third-order valence-electron chi connectivity index (χ3n) is 4.73. The number of benzene rings is 3. The molecular formula is C25H20Br2N4O. The fourth-order valence-corrected chi connectivity index (χ4v) is 4.70. The molecule has 1 aromatic heterocycles. The molecule has 1 heterocycles. The van der Waals surface area contributed by atoms with Crippen molar-refractivity contribution in [3.05, 3.63) is 98.6 Å². The van der Waals surface area contributed by atoms with E-state index in [-0.39, 0.29) is 0 Å². The number of aliphatic imine (C=N–C) groups is 1. The second kappa shape index (κ2) is 10.1. The molecule has 5 nitrogen and oxygen atoms in total. The molecule has 160 valence electrons. The zero-order chi connectivity index (χ0) is 22.5. The van der Waals surface area contributed by atoms with E-state index in [2.05, 4.69) is 42.4 Å². The average Bonchev–Trinajstić information content (AvgIpc) is 2.80. The average molecular weight is 552 g/mol. The number of aromatic nitrogens is 1. The number of nitrogens with one attached hydrogen (secondary N) is 1. The highest BCUT2D eigenvalue weighted by Gasteiger charge is 2.11. The normalized spacial score (nSPS) is 11.8. The van der Waals surface area contributed by atoms with E-state index < -0.39 is 0 Å². The maximum absolute atomic E-state index is 5.21. The van der Waals surface area contributed by atoms with Crippen molar-refractivity contribution in [2.45, 2.75) is 6.92 Å². The van der Waals surface area contributed by atoms with Crippen molar-refractivity contribution in [2.75, 3.05) is 7.11 Å². The summed E-state index contributed by atoms with van der Waals surface area (Å²) in [6.45, 7) is 2.03. The first kappa shape index (κ1) is 22.2. The summed E-state index contributed by atoms with van der Waals surface area (Å²) in [5.41, 5.74) is 7.47. The fraction of sp³-hybridized carbons (Fsp3) is 0.0800. The minimum atomic E-state index is 0.533. The van der Waals surface area contributed by atoms with Gasteiger partial charge in [-0.3, -0.25) is 5.43 Å². The van der Waals surface area contributed by atoms with Crippen molar-refractivity contribution in [1.29, 1.82) is 0 Å². The van der Waals surface area contributed by atoms with Crippen LogP contribution in [0.5, 0.6) is 5.75 Å². The molecule has 4 rings (SSSR count). The molecular weight excluding hydrogens is 532 g/mol. The molecule has 0 aliphatic carbocycles. The number of rotatable bonds is 5. The zero-order valence-electron chi connectivity index (χ0n) is 17.5. The summed E-state index contributed by atoms with van der Waals surface area (Å²) < 4.78 is 6.96. The lowest BCUT2D eigenvalue weighted by Crippen LogP contribution is -2.20. The van der Waals surface area contributed by atoms with Gasteiger partial charge in [0.15, 0.2) is 5.84 Å². The standard InChI is InChI=1S/C25H20Br2N4O/c1-16-13-20(26)24(21(27)14-16)30-25(23-12-9-18-5-3-4-6-22(18)29-23)31-28-15-17-7-10-19(32-2)11-8-17/h3-15H,1-2H3,(H,30,31). The molecule has 0 saturated carbocycles. The van der Waals surface area contributed by atoms with Crippen molar-refractivity contribution in [3.8, 4) is 5.75 Å². The van der Waals surface area contributed by atoms with Crippen molar-refractivity contribution >= 4 is 60.5 Å². The highest BCUT2D eigenvalue weighted by atomic mass is 79.9. The number of pyridine rings is 1. The Balaban J connectivity index is 1.72. The van der Waals surface area contributed by atoms with Crippen LogP contribution in [0.2, 0.25) is 0 Å². The number of hydrazone groups is 1. The molecule has 0 bridgehead atoms. The molecule has 0 saturated heterocycles. The molecule has 32 heavy (non-hydrogen) atoms. The first-order valence-corrected chi connectivity index (χ1v) is 11.5. The summed E-state index contributed by atoms with van der Waals surface area (Å²) in [7, 11) is 1.64. The smallest absolute Gasteiger partial charge is 0.173 e. The predicted molar refractivity (Wildman–Crippen MR) is 138 cm³/mol. The number of ether oxygens (including phenoxy) is 1. The van der Waals surface area contributed by atoms with Crippen LogP contribution in [-0.2, 0) is 0 Å². The third-order valence-corrected chi connectivity index (χ3v) is 5.93. The zero-order valence-corrected chi connectivity index (χ0v) is 20.7. The number of hydrogen-bond acceptors (Lipinski definition) is 4. The Hall–Kier alpha value is -3.03. The van der Waals surface area contributed by atoms with E-state index in [4.69, 9.17) is 14.7 Å². The molecule has 0 radical (unpaired) electrons. The minimum absolute atomic E-state index is 0.533. The van der Waals surface area contributed by atoms with Gasteiger partial charge in [0.2, 0.25) is 0 Å². The molecule has 3 aromatic carbocycles. The summed E-state index contributed by atoms with van der Waals surface area (Å²) in [6.07, 6.45) is 1.73. The molecule has 0 atom stereocenters. The van der Waals surface area contributed by atoms with E-state index in [1.165, 1.54) is 0 Å². The Morgan fingerprint density at radius 2 is 1.69 bits per heavy atom. The number of methoxy groups -OCH3 is 1. The quantitative estimate of drug-likeness (QED) is 0.169. The van der Waals surface area contributed by atoms with Gasteiger partial charge < -0.3 is 4.74 Å². The number of halogens is 2. The van der Waals surface area contributed by atoms with Crippen molar-refractivity contribution in [2.24, 2.45) is 10.1 Å². The van der Waals surface area contributed by atoms with Crippen LogP contribution in [-0.4, -0.2) is 24.1 Å². The maximum Gasteiger partial charge on any atom is 0.173 e. The van der Waals surface area contributed by atoms with E-state index in [1.54, 1.807) is 13.3 Å². The van der Waals surface area contributed by atoms with Gasteiger partial charge in [0.05, 0.1) is 24.5 Å². The van der Waals surface area contributed by atoms with E-state index >= 15 is 0 Å². The Labute approximate surface area is 203 Å². The highest BCUT2D eigenvalue weighted by Crippen LogP contribution is 2.35. The number of hydrogen-bond donors (Lipinski definition) is 1. The first-order chi connectivity index (χ1) is 15.5. The lowest BCUT2D eigenvalue weighted by Gasteiger charge is -2.10. The van der Waals surface area contributed by atoms with Crippen molar-refractivity contribution < 1.29 is 4.74 Å².